The Labute approximate surface area is 179 Å². The number of amides is 2. The van der Waals surface area contributed by atoms with Gasteiger partial charge in [0.1, 0.15) is 12.4 Å². The van der Waals surface area contributed by atoms with E-state index in [0.717, 1.165) is 18.5 Å². The average molecular weight is 422 g/mol. The van der Waals surface area contributed by atoms with Crippen molar-refractivity contribution < 1.29 is 14.3 Å². The third-order valence-corrected chi connectivity index (χ3v) is 5.76. The molecule has 2 amide bonds. The van der Waals surface area contributed by atoms with Gasteiger partial charge in [-0.25, -0.2) is 4.98 Å². The number of hydrogen-bond donors (Lipinski definition) is 1. The van der Waals surface area contributed by atoms with Crippen molar-refractivity contribution in [2.24, 2.45) is 0 Å². The first-order valence-electron chi connectivity index (χ1n) is 9.94. The summed E-state index contributed by atoms with van der Waals surface area (Å²) in [4.78, 5) is 31.1. The zero-order valence-electron chi connectivity index (χ0n) is 16.5. The maximum atomic E-state index is 12.8. The number of piperidine rings is 1. The van der Waals surface area contributed by atoms with Crippen LogP contribution in [0.2, 0.25) is 0 Å². The quantitative estimate of drug-likeness (QED) is 0.658. The number of thiazole rings is 1. The van der Waals surface area contributed by atoms with E-state index in [1.807, 2.05) is 40.6 Å². The second kappa shape index (κ2) is 9.54. The summed E-state index contributed by atoms with van der Waals surface area (Å²) in [5, 5.41) is 5.02. The topological polar surface area (TPSA) is 71.5 Å². The monoisotopic (exact) mass is 421 g/mol. The van der Waals surface area contributed by atoms with Gasteiger partial charge in [-0.15, -0.1) is 11.3 Å². The van der Waals surface area contributed by atoms with Gasteiger partial charge < -0.3 is 15.0 Å². The largest absolute Gasteiger partial charge is 0.487 e. The lowest BCUT2D eigenvalue weighted by atomic mass is 10.0. The second-order valence-electron chi connectivity index (χ2n) is 7.20. The van der Waals surface area contributed by atoms with Crippen LogP contribution in [0.5, 0.6) is 5.75 Å². The smallest absolute Gasteiger partial charge is 0.253 e. The SMILES string of the molecule is O=C(NC1CCN(C(=O)c2ccc(OCc3cscn3)cc2)CC1)c1ccccc1. The molecule has 0 radical (unpaired) electrons. The molecular weight excluding hydrogens is 398 g/mol. The minimum atomic E-state index is -0.0615. The van der Waals surface area contributed by atoms with Gasteiger partial charge in [0, 0.05) is 35.6 Å². The molecule has 1 saturated heterocycles. The number of nitrogens with zero attached hydrogens (tertiary/aromatic N) is 2. The molecule has 0 aliphatic carbocycles. The van der Waals surface area contributed by atoms with Crippen molar-refractivity contribution in [2.45, 2.75) is 25.5 Å². The molecule has 0 spiro atoms. The maximum Gasteiger partial charge on any atom is 0.253 e. The standard InChI is InChI=1S/C23H23N3O3S/c27-22(17-4-2-1-3-5-17)25-19-10-12-26(13-11-19)23(28)18-6-8-21(9-7-18)29-14-20-15-30-16-24-20/h1-9,15-16,19H,10-14H2,(H,25,27). The van der Waals surface area contributed by atoms with Crippen LogP contribution in [0.15, 0.2) is 65.5 Å². The summed E-state index contributed by atoms with van der Waals surface area (Å²) in [6, 6.07) is 16.5. The first-order chi connectivity index (χ1) is 14.7. The van der Waals surface area contributed by atoms with Crippen LogP contribution >= 0.6 is 11.3 Å². The fraction of sp³-hybridized carbons (Fsp3) is 0.261. The Balaban J connectivity index is 1.26. The molecule has 0 atom stereocenters. The van der Waals surface area contributed by atoms with E-state index in [1.54, 1.807) is 29.8 Å². The van der Waals surface area contributed by atoms with Gasteiger partial charge in [0.15, 0.2) is 0 Å². The Morgan fingerprint density at radius 2 is 1.77 bits per heavy atom. The first-order valence-corrected chi connectivity index (χ1v) is 10.9. The number of likely N-dealkylation sites (tertiary alicyclic amines) is 1. The van der Waals surface area contributed by atoms with Crippen LogP contribution in [0.4, 0.5) is 0 Å². The lowest BCUT2D eigenvalue weighted by molar-refractivity contribution is 0.0698. The normalized spacial score (nSPS) is 14.3. The van der Waals surface area contributed by atoms with Crippen molar-refractivity contribution in [1.82, 2.24) is 15.2 Å². The fourth-order valence-corrected chi connectivity index (χ4v) is 3.97. The molecule has 1 fully saturated rings. The molecule has 1 aliphatic heterocycles. The highest BCUT2D eigenvalue weighted by Crippen LogP contribution is 2.18. The van der Waals surface area contributed by atoms with Crippen molar-refractivity contribution in [3.63, 3.8) is 0 Å². The molecule has 0 bridgehead atoms. The zero-order chi connectivity index (χ0) is 20.8. The Morgan fingerprint density at radius 1 is 1.03 bits per heavy atom. The molecule has 3 aromatic rings. The lowest BCUT2D eigenvalue weighted by Crippen LogP contribution is -2.46. The molecule has 2 aromatic carbocycles. The molecule has 2 heterocycles. The van der Waals surface area contributed by atoms with Gasteiger partial charge in [-0.05, 0) is 49.2 Å². The molecule has 6 nitrogen and oxygen atoms in total. The summed E-state index contributed by atoms with van der Waals surface area (Å²) < 4.78 is 5.70. The van der Waals surface area contributed by atoms with Crippen molar-refractivity contribution >= 4 is 23.2 Å². The van der Waals surface area contributed by atoms with Crippen LogP contribution in [0.1, 0.15) is 39.3 Å². The highest BCUT2D eigenvalue weighted by molar-refractivity contribution is 7.07. The van der Waals surface area contributed by atoms with Gasteiger partial charge in [0.25, 0.3) is 11.8 Å². The van der Waals surface area contributed by atoms with Crippen molar-refractivity contribution in [2.75, 3.05) is 13.1 Å². The predicted octanol–water partition coefficient (Wildman–Crippen LogP) is 3.76. The Bertz CT molecular complexity index is 967. The molecular formula is C23H23N3O3S. The van der Waals surface area contributed by atoms with Gasteiger partial charge >= 0.3 is 0 Å². The van der Waals surface area contributed by atoms with Gasteiger partial charge in [0.05, 0.1) is 11.2 Å². The fourth-order valence-electron chi connectivity index (χ4n) is 3.43. The maximum absolute atomic E-state index is 12.8. The van der Waals surface area contributed by atoms with E-state index in [2.05, 4.69) is 10.3 Å². The molecule has 4 rings (SSSR count). The third kappa shape index (κ3) is 5.04. The lowest BCUT2D eigenvalue weighted by Gasteiger charge is -2.32. The summed E-state index contributed by atoms with van der Waals surface area (Å²) in [6.45, 7) is 1.67. The van der Waals surface area contributed by atoms with Crippen molar-refractivity contribution in [3.8, 4) is 5.75 Å². The molecule has 7 heteroatoms. The van der Waals surface area contributed by atoms with E-state index in [1.165, 1.54) is 11.3 Å². The number of ether oxygens (including phenoxy) is 1. The zero-order valence-corrected chi connectivity index (χ0v) is 17.3. The Kier molecular flexibility index (Phi) is 6.39. The van der Waals surface area contributed by atoms with Gasteiger partial charge in [-0.2, -0.15) is 0 Å². The van der Waals surface area contributed by atoms with E-state index < -0.39 is 0 Å². The van der Waals surface area contributed by atoms with Crippen LogP contribution in [0.25, 0.3) is 0 Å². The molecule has 1 aliphatic rings. The Hall–Kier alpha value is -3.19. The van der Waals surface area contributed by atoms with Crippen LogP contribution in [0.3, 0.4) is 0 Å². The summed E-state index contributed by atoms with van der Waals surface area (Å²) in [5.41, 5.74) is 3.97. The van der Waals surface area contributed by atoms with Crippen LogP contribution in [-0.4, -0.2) is 40.8 Å². The van der Waals surface area contributed by atoms with Crippen molar-refractivity contribution in [1.29, 1.82) is 0 Å². The highest BCUT2D eigenvalue weighted by Gasteiger charge is 2.24. The highest BCUT2D eigenvalue weighted by atomic mass is 32.1. The number of rotatable bonds is 6. The molecule has 30 heavy (non-hydrogen) atoms. The minimum Gasteiger partial charge on any atom is -0.487 e. The number of hydrogen-bond acceptors (Lipinski definition) is 5. The summed E-state index contributed by atoms with van der Waals surface area (Å²) >= 11 is 1.53. The third-order valence-electron chi connectivity index (χ3n) is 5.12. The minimum absolute atomic E-state index is 0.00823. The van der Waals surface area contributed by atoms with E-state index in [4.69, 9.17) is 4.74 Å². The number of carbonyl (C=O) groups excluding carboxylic acids is 2. The van der Waals surface area contributed by atoms with E-state index in [0.29, 0.717) is 36.6 Å². The van der Waals surface area contributed by atoms with Crippen LogP contribution < -0.4 is 10.1 Å². The number of aromatic nitrogens is 1. The summed E-state index contributed by atoms with van der Waals surface area (Å²) in [6.07, 6.45) is 1.50. The molecule has 154 valence electrons. The van der Waals surface area contributed by atoms with Gasteiger partial charge in [0.2, 0.25) is 0 Å². The van der Waals surface area contributed by atoms with E-state index >= 15 is 0 Å². The van der Waals surface area contributed by atoms with Gasteiger partial charge in [-0.1, -0.05) is 18.2 Å². The van der Waals surface area contributed by atoms with Crippen LogP contribution in [-0.2, 0) is 6.61 Å². The molecule has 1 aromatic heterocycles. The molecule has 0 saturated carbocycles. The second-order valence-corrected chi connectivity index (χ2v) is 7.92. The number of carbonyl (C=O) groups is 2. The first kappa shape index (κ1) is 20.1. The average Bonchev–Trinajstić information content (AvgIpc) is 3.32. The van der Waals surface area contributed by atoms with E-state index in [-0.39, 0.29) is 17.9 Å². The predicted molar refractivity (Wildman–Crippen MR) is 116 cm³/mol. The van der Waals surface area contributed by atoms with Crippen molar-refractivity contribution in [3.05, 3.63) is 82.3 Å². The molecule has 0 unspecified atom stereocenters. The number of nitrogens with one attached hydrogen (secondary N) is 1. The summed E-state index contributed by atoms with van der Waals surface area (Å²) in [5.74, 6) is 0.657. The Morgan fingerprint density at radius 3 is 2.43 bits per heavy atom. The van der Waals surface area contributed by atoms with Gasteiger partial charge in [-0.3, -0.25) is 9.59 Å². The molecule has 1 N–H and O–H groups in total. The number of benzene rings is 2. The summed E-state index contributed by atoms with van der Waals surface area (Å²) in [7, 11) is 0. The van der Waals surface area contributed by atoms with Crippen LogP contribution in [0, 0.1) is 0 Å². The van der Waals surface area contributed by atoms with E-state index in [9.17, 15) is 9.59 Å².